The first-order chi connectivity index (χ1) is 12.8. The van der Waals surface area contributed by atoms with E-state index in [-0.39, 0.29) is 18.6 Å². The maximum Gasteiger partial charge on any atom is 0.307 e. The summed E-state index contributed by atoms with van der Waals surface area (Å²) in [5.41, 5.74) is 1.44. The second kappa shape index (κ2) is 9.53. The lowest BCUT2D eigenvalue weighted by atomic mass is 10.2. The Morgan fingerprint density at radius 2 is 1.93 bits per heavy atom. The molecule has 2 rings (SSSR count). The van der Waals surface area contributed by atoms with Crippen LogP contribution in [-0.2, 0) is 14.3 Å². The quantitative estimate of drug-likeness (QED) is 0.520. The van der Waals surface area contributed by atoms with E-state index in [0.717, 1.165) is 16.9 Å². The first-order valence-corrected chi connectivity index (χ1v) is 9.43. The molecule has 0 aliphatic carbocycles. The van der Waals surface area contributed by atoms with Crippen molar-refractivity contribution in [2.24, 2.45) is 0 Å². The van der Waals surface area contributed by atoms with Crippen LogP contribution >= 0.6 is 22.9 Å². The van der Waals surface area contributed by atoms with E-state index in [0.29, 0.717) is 20.7 Å². The monoisotopic (exact) mass is 409 g/mol. The number of hydrogen-bond donors (Lipinski definition) is 1. The van der Waals surface area contributed by atoms with Crippen molar-refractivity contribution in [2.45, 2.75) is 32.8 Å². The number of thiophene rings is 1. The van der Waals surface area contributed by atoms with Gasteiger partial charge in [0.25, 0.3) is 5.91 Å². The summed E-state index contributed by atoms with van der Waals surface area (Å²) in [6.45, 7) is 3.35. The fourth-order valence-electron chi connectivity index (χ4n) is 2.27. The summed E-state index contributed by atoms with van der Waals surface area (Å²) in [6.07, 6.45) is -1.12. The second-order valence-corrected chi connectivity index (χ2v) is 7.57. The van der Waals surface area contributed by atoms with Crippen LogP contribution in [-0.4, -0.2) is 30.9 Å². The van der Waals surface area contributed by atoms with Crippen LogP contribution in [0.25, 0.3) is 0 Å². The highest BCUT2D eigenvalue weighted by molar-refractivity contribution is 7.18. The molecule has 1 amide bonds. The van der Waals surface area contributed by atoms with E-state index in [1.165, 1.54) is 14.0 Å². The molecule has 2 aromatic rings. The molecule has 1 atom stereocenters. The molecule has 1 aromatic heterocycles. The third-order valence-electron chi connectivity index (χ3n) is 3.69. The number of halogens is 1. The number of nitrogens with one attached hydrogen (secondary N) is 1. The number of rotatable bonds is 8. The third-order valence-corrected chi connectivity index (χ3v) is 4.97. The van der Waals surface area contributed by atoms with Crippen LogP contribution < -0.4 is 10.1 Å². The van der Waals surface area contributed by atoms with Crippen LogP contribution in [0.1, 0.15) is 35.0 Å². The number of Topliss-reactive ketones (excluding diaryl/α,β-unsaturated/α-hetero) is 1. The van der Waals surface area contributed by atoms with Crippen molar-refractivity contribution < 1.29 is 23.9 Å². The van der Waals surface area contributed by atoms with Crippen LogP contribution in [0.15, 0.2) is 30.3 Å². The molecule has 144 valence electrons. The van der Waals surface area contributed by atoms with Crippen molar-refractivity contribution in [3.05, 3.63) is 45.1 Å². The molecule has 1 heterocycles. The van der Waals surface area contributed by atoms with E-state index in [4.69, 9.17) is 21.1 Å². The molecule has 0 aliphatic heterocycles. The molecule has 0 aliphatic rings. The summed E-state index contributed by atoms with van der Waals surface area (Å²) in [7, 11) is 1.50. The van der Waals surface area contributed by atoms with E-state index < -0.39 is 18.0 Å². The van der Waals surface area contributed by atoms with Gasteiger partial charge in [0.2, 0.25) is 0 Å². The number of ether oxygens (including phenoxy) is 2. The average molecular weight is 410 g/mol. The van der Waals surface area contributed by atoms with Gasteiger partial charge in [0.05, 0.1) is 28.4 Å². The Kier molecular flexibility index (Phi) is 7.38. The molecule has 0 saturated heterocycles. The van der Waals surface area contributed by atoms with Gasteiger partial charge in [-0.25, -0.2) is 0 Å². The summed E-state index contributed by atoms with van der Waals surface area (Å²) >= 11 is 6.95. The van der Waals surface area contributed by atoms with E-state index in [1.54, 1.807) is 24.3 Å². The van der Waals surface area contributed by atoms with Crippen molar-refractivity contribution in [3.8, 4) is 5.75 Å². The zero-order valence-electron chi connectivity index (χ0n) is 15.2. The van der Waals surface area contributed by atoms with Gasteiger partial charge in [-0.05, 0) is 43.7 Å². The second-order valence-electron chi connectivity index (χ2n) is 5.85. The lowest BCUT2D eigenvalue weighted by molar-refractivity contribution is -0.153. The van der Waals surface area contributed by atoms with Crippen LogP contribution in [0.4, 0.5) is 5.69 Å². The lowest BCUT2D eigenvalue weighted by Gasteiger charge is -2.15. The zero-order valence-corrected chi connectivity index (χ0v) is 16.8. The number of hydrogen-bond acceptors (Lipinski definition) is 6. The predicted octanol–water partition coefficient (Wildman–Crippen LogP) is 4.25. The predicted molar refractivity (Wildman–Crippen MR) is 105 cm³/mol. The highest BCUT2D eigenvalue weighted by atomic mass is 35.5. The number of benzene rings is 1. The molecule has 8 heteroatoms. The number of methoxy groups -OCH3 is 1. The van der Waals surface area contributed by atoms with Crippen LogP contribution in [0, 0.1) is 6.92 Å². The molecule has 1 aromatic carbocycles. The van der Waals surface area contributed by atoms with Gasteiger partial charge in [-0.1, -0.05) is 17.7 Å². The molecule has 1 N–H and O–H groups in total. The summed E-state index contributed by atoms with van der Waals surface area (Å²) in [5, 5.41) is 2.68. The Morgan fingerprint density at radius 1 is 1.19 bits per heavy atom. The minimum absolute atomic E-state index is 0.00425. The van der Waals surface area contributed by atoms with Crippen molar-refractivity contribution in [1.29, 1.82) is 0 Å². The molecule has 0 saturated carbocycles. The van der Waals surface area contributed by atoms with Gasteiger partial charge in [0.15, 0.2) is 11.9 Å². The zero-order chi connectivity index (χ0) is 20.0. The topological polar surface area (TPSA) is 81.7 Å². The van der Waals surface area contributed by atoms with Crippen molar-refractivity contribution in [2.75, 3.05) is 12.4 Å². The standard InChI is InChI=1S/C19H20ClNO5S/c1-11-4-6-15(25-3)13(10-11)21-19(24)12(2)26-18(23)9-5-14(22)16-7-8-17(20)27-16/h4,6-8,10,12H,5,9H2,1-3H3,(H,21,24)/t12-/m0/s1. The van der Waals surface area contributed by atoms with Crippen LogP contribution in [0.3, 0.4) is 0 Å². The first-order valence-electron chi connectivity index (χ1n) is 8.23. The average Bonchev–Trinajstić information content (AvgIpc) is 3.06. The SMILES string of the molecule is COc1ccc(C)cc1NC(=O)[C@H](C)OC(=O)CCC(=O)c1ccc(Cl)s1. The number of carbonyl (C=O) groups is 3. The Morgan fingerprint density at radius 3 is 2.56 bits per heavy atom. The Bertz CT molecular complexity index is 848. The molecular weight excluding hydrogens is 390 g/mol. The van der Waals surface area contributed by atoms with Gasteiger partial charge in [0, 0.05) is 6.42 Å². The van der Waals surface area contributed by atoms with Gasteiger partial charge in [-0.2, -0.15) is 0 Å². The summed E-state index contributed by atoms with van der Waals surface area (Å²) in [6, 6.07) is 8.60. The Labute approximate surface area is 166 Å². The smallest absolute Gasteiger partial charge is 0.307 e. The molecule has 0 bridgehead atoms. The number of aryl methyl sites for hydroxylation is 1. The molecule has 27 heavy (non-hydrogen) atoms. The van der Waals surface area contributed by atoms with E-state index >= 15 is 0 Å². The molecule has 6 nitrogen and oxygen atoms in total. The van der Waals surface area contributed by atoms with Gasteiger partial charge in [-0.15, -0.1) is 11.3 Å². The van der Waals surface area contributed by atoms with Crippen molar-refractivity contribution in [1.82, 2.24) is 0 Å². The van der Waals surface area contributed by atoms with Crippen molar-refractivity contribution >= 4 is 46.3 Å². The fraction of sp³-hybridized carbons (Fsp3) is 0.316. The van der Waals surface area contributed by atoms with Crippen LogP contribution in [0.2, 0.25) is 4.34 Å². The first kappa shape index (κ1) is 20.9. The maximum absolute atomic E-state index is 12.3. The fourth-order valence-corrected chi connectivity index (χ4v) is 3.28. The summed E-state index contributed by atoms with van der Waals surface area (Å²) in [5.74, 6) is -0.786. The highest BCUT2D eigenvalue weighted by Crippen LogP contribution is 2.25. The lowest BCUT2D eigenvalue weighted by Crippen LogP contribution is -2.30. The van der Waals surface area contributed by atoms with Gasteiger partial charge < -0.3 is 14.8 Å². The minimum atomic E-state index is -1.01. The van der Waals surface area contributed by atoms with Crippen LogP contribution in [0.5, 0.6) is 5.75 Å². The molecule has 0 spiro atoms. The molecule has 0 unspecified atom stereocenters. The Hall–Kier alpha value is -2.38. The number of amides is 1. The van der Waals surface area contributed by atoms with E-state index in [9.17, 15) is 14.4 Å². The Balaban J connectivity index is 1.85. The molecule has 0 fully saturated rings. The van der Waals surface area contributed by atoms with E-state index in [2.05, 4.69) is 5.32 Å². The van der Waals surface area contributed by atoms with Crippen molar-refractivity contribution in [3.63, 3.8) is 0 Å². The maximum atomic E-state index is 12.3. The third kappa shape index (κ3) is 6.08. The van der Waals surface area contributed by atoms with Gasteiger partial charge in [0.1, 0.15) is 5.75 Å². The number of carbonyl (C=O) groups excluding carboxylic acids is 3. The largest absolute Gasteiger partial charge is 0.495 e. The van der Waals surface area contributed by atoms with E-state index in [1.807, 2.05) is 13.0 Å². The highest BCUT2D eigenvalue weighted by Gasteiger charge is 2.20. The number of ketones is 1. The molecular formula is C19H20ClNO5S. The number of esters is 1. The summed E-state index contributed by atoms with van der Waals surface area (Å²) < 4.78 is 10.8. The normalized spacial score (nSPS) is 11.6. The van der Waals surface area contributed by atoms with Gasteiger partial charge >= 0.3 is 5.97 Å². The minimum Gasteiger partial charge on any atom is -0.495 e. The summed E-state index contributed by atoms with van der Waals surface area (Å²) in [4.78, 5) is 36.7. The number of anilines is 1. The van der Waals surface area contributed by atoms with Gasteiger partial charge in [-0.3, -0.25) is 14.4 Å². The molecule has 0 radical (unpaired) electrons.